The summed E-state index contributed by atoms with van der Waals surface area (Å²) in [6.45, 7) is 0. The lowest BCUT2D eigenvalue weighted by Crippen LogP contribution is -2.57. The number of hydrogen-bond acceptors (Lipinski definition) is 2. The Morgan fingerprint density at radius 1 is 0.875 bits per heavy atom. The summed E-state index contributed by atoms with van der Waals surface area (Å²) in [5.41, 5.74) is -1.44. The van der Waals surface area contributed by atoms with Gasteiger partial charge in [0.15, 0.2) is 0 Å². The molecule has 2 N–H and O–H groups in total. The molecular formula is C12H16O4. The molecule has 0 amide bonds. The summed E-state index contributed by atoms with van der Waals surface area (Å²) in [5, 5.41) is 18.8. The predicted molar refractivity (Wildman–Crippen MR) is 54.8 cm³/mol. The summed E-state index contributed by atoms with van der Waals surface area (Å²) in [7, 11) is 0. The van der Waals surface area contributed by atoms with Gasteiger partial charge in [-0.3, -0.25) is 9.59 Å². The van der Waals surface area contributed by atoms with Crippen LogP contribution in [0.3, 0.4) is 0 Å². The van der Waals surface area contributed by atoms with Crippen molar-refractivity contribution in [2.24, 2.45) is 22.7 Å². The molecular weight excluding hydrogens is 208 g/mol. The van der Waals surface area contributed by atoms with E-state index in [1.165, 1.54) is 0 Å². The number of carbonyl (C=O) groups is 2. The van der Waals surface area contributed by atoms with Gasteiger partial charge in [-0.05, 0) is 50.4 Å². The third kappa shape index (κ3) is 1.10. The highest BCUT2D eigenvalue weighted by molar-refractivity contribution is 5.81. The Labute approximate surface area is 93.6 Å². The minimum atomic E-state index is -0.771. The van der Waals surface area contributed by atoms with Crippen molar-refractivity contribution in [1.82, 2.24) is 0 Å². The molecule has 0 aromatic heterocycles. The third-order valence-electron chi connectivity index (χ3n) is 4.97. The van der Waals surface area contributed by atoms with E-state index >= 15 is 0 Å². The lowest BCUT2D eigenvalue weighted by molar-refractivity contribution is -0.187. The van der Waals surface area contributed by atoms with Crippen LogP contribution in [0.1, 0.15) is 38.5 Å². The van der Waals surface area contributed by atoms with Crippen molar-refractivity contribution in [3.8, 4) is 0 Å². The van der Waals surface area contributed by atoms with Gasteiger partial charge < -0.3 is 10.2 Å². The zero-order valence-corrected chi connectivity index (χ0v) is 9.11. The summed E-state index contributed by atoms with van der Waals surface area (Å²) in [4.78, 5) is 22.8. The first-order chi connectivity index (χ1) is 7.46. The van der Waals surface area contributed by atoms with Crippen molar-refractivity contribution in [3.05, 3.63) is 0 Å². The van der Waals surface area contributed by atoms with Gasteiger partial charge in [-0.2, -0.15) is 0 Å². The number of aliphatic carboxylic acids is 2. The molecule has 0 atom stereocenters. The topological polar surface area (TPSA) is 74.6 Å². The lowest BCUT2D eigenvalue weighted by Gasteiger charge is -2.58. The molecule has 0 aliphatic heterocycles. The Bertz CT molecular complexity index is 327. The van der Waals surface area contributed by atoms with E-state index in [2.05, 4.69) is 0 Å². The first-order valence-electron chi connectivity index (χ1n) is 5.93. The zero-order valence-electron chi connectivity index (χ0n) is 9.11. The normalized spacial score (nSPS) is 49.2. The minimum absolute atomic E-state index is 0.327. The van der Waals surface area contributed by atoms with Crippen LogP contribution in [0.15, 0.2) is 0 Å². The summed E-state index contributed by atoms with van der Waals surface area (Å²) >= 11 is 0. The summed E-state index contributed by atoms with van der Waals surface area (Å²) in [6, 6.07) is 0. The fraction of sp³-hybridized carbons (Fsp3) is 0.833. The van der Waals surface area contributed by atoms with Gasteiger partial charge in [0.05, 0.1) is 10.8 Å². The molecule has 0 unspecified atom stereocenters. The van der Waals surface area contributed by atoms with Crippen LogP contribution in [0, 0.1) is 22.7 Å². The monoisotopic (exact) mass is 224 g/mol. The van der Waals surface area contributed by atoms with Crippen LogP contribution in [-0.2, 0) is 9.59 Å². The van der Waals surface area contributed by atoms with Gasteiger partial charge in [0.2, 0.25) is 0 Å². The molecule has 0 radical (unpaired) electrons. The first-order valence-corrected chi connectivity index (χ1v) is 5.93. The van der Waals surface area contributed by atoms with E-state index in [1.807, 2.05) is 0 Å². The van der Waals surface area contributed by atoms with Crippen LogP contribution in [-0.4, -0.2) is 22.2 Å². The van der Waals surface area contributed by atoms with Crippen molar-refractivity contribution in [2.45, 2.75) is 38.5 Å². The number of hydrogen-bond donors (Lipinski definition) is 2. The highest BCUT2D eigenvalue weighted by atomic mass is 16.4. The molecule has 4 saturated carbocycles. The average Bonchev–Trinajstić information content (AvgIpc) is 2.14. The highest BCUT2D eigenvalue weighted by Crippen LogP contribution is 2.65. The Balaban J connectivity index is 2.03. The van der Waals surface area contributed by atoms with E-state index in [-0.39, 0.29) is 0 Å². The van der Waals surface area contributed by atoms with Crippen LogP contribution < -0.4 is 0 Å². The maximum Gasteiger partial charge on any atom is 0.309 e. The molecule has 4 aliphatic carbocycles. The SMILES string of the molecule is O=C(O)[C@]12C[C@H]3C[C@H](C[C@](C(=O)O)(C3)C1)C2. The average molecular weight is 224 g/mol. The van der Waals surface area contributed by atoms with Gasteiger partial charge >= 0.3 is 11.9 Å². The van der Waals surface area contributed by atoms with E-state index in [1.54, 1.807) is 0 Å². The van der Waals surface area contributed by atoms with E-state index < -0.39 is 22.8 Å². The maximum atomic E-state index is 11.4. The van der Waals surface area contributed by atoms with Gasteiger partial charge in [-0.1, -0.05) is 0 Å². The smallest absolute Gasteiger partial charge is 0.309 e. The van der Waals surface area contributed by atoms with Gasteiger partial charge in [-0.15, -0.1) is 0 Å². The molecule has 16 heavy (non-hydrogen) atoms. The molecule has 0 saturated heterocycles. The van der Waals surface area contributed by atoms with Crippen LogP contribution in [0.25, 0.3) is 0 Å². The van der Waals surface area contributed by atoms with E-state index in [9.17, 15) is 19.8 Å². The lowest BCUT2D eigenvalue weighted by atomic mass is 9.44. The second-order valence-corrected chi connectivity index (χ2v) is 6.13. The van der Waals surface area contributed by atoms with Gasteiger partial charge in [0.25, 0.3) is 0 Å². The Morgan fingerprint density at radius 3 is 1.56 bits per heavy atom. The quantitative estimate of drug-likeness (QED) is 0.749. The number of carboxylic acids is 2. The zero-order chi connectivity index (χ0) is 11.6. The number of carboxylic acid groups (broad SMARTS) is 2. The summed E-state index contributed by atoms with van der Waals surface area (Å²) in [5.74, 6) is -0.888. The van der Waals surface area contributed by atoms with Crippen LogP contribution in [0.4, 0.5) is 0 Å². The molecule has 4 nitrogen and oxygen atoms in total. The van der Waals surface area contributed by atoms with Crippen LogP contribution >= 0.6 is 0 Å². The second-order valence-electron chi connectivity index (χ2n) is 6.13. The predicted octanol–water partition coefficient (Wildman–Crippen LogP) is 1.74. The van der Waals surface area contributed by atoms with E-state index in [4.69, 9.17) is 0 Å². The molecule has 88 valence electrons. The van der Waals surface area contributed by atoms with Gasteiger partial charge in [0, 0.05) is 0 Å². The van der Waals surface area contributed by atoms with E-state index in [0.29, 0.717) is 43.9 Å². The molecule has 0 aromatic carbocycles. The van der Waals surface area contributed by atoms with Crippen molar-refractivity contribution in [3.63, 3.8) is 0 Å². The van der Waals surface area contributed by atoms with Crippen LogP contribution in [0.2, 0.25) is 0 Å². The van der Waals surface area contributed by atoms with E-state index in [0.717, 1.165) is 6.42 Å². The molecule has 0 aromatic rings. The third-order valence-corrected chi connectivity index (χ3v) is 4.97. The minimum Gasteiger partial charge on any atom is -0.481 e. The fourth-order valence-electron chi connectivity index (χ4n) is 4.76. The molecule has 0 spiro atoms. The Kier molecular flexibility index (Phi) is 1.76. The fourth-order valence-corrected chi connectivity index (χ4v) is 4.76. The second kappa shape index (κ2) is 2.79. The molecule has 4 bridgehead atoms. The van der Waals surface area contributed by atoms with Crippen molar-refractivity contribution in [2.75, 3.05) is 0 Å². The van der Waals surface area contributed by atoms with Crippen molar-refractivity contribution in [1.29, 1.82) is 0 Å². The maximum absolute atomic E-state index is 11.4. The molecule has 0 heterocycles. The molecule has 4 aliphatic rings. The molecule has 4 fully saturated rings. The first kappa shape index (κ1) is 10.1. The highest BCUT2D eigenvalue weighted by Gasteiger charge is 2.63. The molecule has 4 rings (SSSR count). The van der Waals surface area contributed by atoms with Gasteiger partial charge in [0.1, 0.15) is 0 Å². The summed E-state index contributed by atoms with van der Waals surface area (Å²) < 4.78 is 0. The standard InChI is InChI=1S/C12H16O4/c13-9(14)11-2-7-1-8(4-11)5-12(3-7,6-11)10(15)16/h7-8H,1-6H2,(H,13,14)(H,15,16)/t7-,8+,11+,12-. The number of rotatable bonds is 2. The van der Waals surface area contributed by atoms with Crippen molar-refractivity contribution < 1.29 is 19.8 Å². The Morgan fingerprint density at radius 2 is 1.25 bits per heavy atom. The Hall–Kier alpha value is -1.06. The van der Waals surface area contributed by atoms with Crippen molar-refractivity contribution >= 4 is 11.9 Å². The van der Waals surface area contributed by atoms with Crippen LogP contribution in [0.5, 0.6) is 0 Å². The molecule has 4 heteroatoms. The summed E-state index contributed by atoms with van der Waals surface area (Å²) in [6.07, 6.45) is 4.21. The van der Waals surface area contributed by atoms with Gasteiger partial charge in [-0.25, -0.2) is 0 Å². The largest absolute Gasteiger partial charge is 0.481 e.